The molecule has 7 nitrogen and oxygen atoms in total. The van der Waals surface area contributed by atoms with Crippen LogP contribution in [0.25, 0.3) is 0 Å². The van der Waals surface area contributed by atoms with Crippen LogP contribution < -0.4 is 15.8 Å². The monoisotopic (exact) mass is 355 g/mol. The fourth-order valence-electron chi connectivity index (χ4n) is 2.89. The Labute approximate surface area is 151 Å². The molecule has 0 radical (unpaired) electrons. The van der Waals surface area contributed by atoms with Gasteiger partial charge < -0.3 is 20.5 Å². The molecular weight excluding hydrogens is 334 g/mol. The highest BCUT2D eigenvalue weighted by Gasteiger charge is 2.54. The molecule has 136 valence electrons. The van der Waals surface area contributed by atoms with E-state index in [9.17, 15) is 9.59 Å². The lowest BCUT2D eigenvalue weighted by Crippen LogP contribution is -2.24. The Kier molecular flexibility index (Phi) is 4.79. The predicted molar refractivity (Wildman–Crippen MR) is 96.0 cm³/mol. The van der Waals surface area contributed by atoms with E-state index in [2.05, 4.69) is 10.3 Å². The van der Waals surface area contributed by atoms with Gasteiger partial charge in [0.1, 0.15) is 11.2 Å². The number of anilines is 1. The van der Waals surface area contributed by atoms with Gasteiger partial charge in [-0.15, -0.1) is 0 Å². The third-order valence-corrected chi connectivity index (χ3v) is 4.63. The first-order chi connectivity index (χ1) is 12.5. The Morgan fingerprint density at radius 2 is 1.92 bits per heavy atom. The van der Waals surface area contributed by atoms with Gasteiger partial charge in [0.15, 0.2) is 0 Å². The summed E-state index contributed by atoms with van der Waals surface area (Å²) in [6, 6.07) is 9.16. The summed E-state index contributed by atoms with van der Waals surface area (Å²) in [6.07, 6.45) is 2.86. The van der Waals surface area contributed by atoms with E-state index in [0.717, 1.165) is 11.3 Å². The highest BCUT2D eigenvalue weighted by atomic mass is 16.5. The third kappa shape index (κ3) is 3.33. The van der Waals surface area contributed by atoms with Crippen molar-refractivity contribution in [1.82, 2.24) is 4.98 Å². The number of nitrogens with zero attached hydrogens (tertiary/aromatic N) is 1. The quantitative estimate of drug-likeness (QED) is 0.736. The van der Waals surface area contributed by atoms with E-state index in [1.807, 2.05) is 24.3 Å². The molecule has 0 bridgehead atoms. The number of nitrogens with two attached hydrogens (primary N) is 1. The van der Waals surface area contributed by atoms with E-state index >= 15 is 0 Å². The SMILES string of the molecule is COC(=O)C1(c2cc(C(N)=O)c(NCc3ccc(OC)cc3)cn2)CC1. The second-order valence-corrected chi connectivity index (χ2v) is 6.25. The number of primary amides is 1. The van der Waals surface area contributed by atoms with Crippen molar-refractivity contribution in [3.8, 4) is 5.75 Å². The van der Waals surface area contributed by atoms with Crippen LogP contribution in [-0.2, 0) is 21.5 Å². The molecule has 1 amide bonds. The predicted octanol–water partition coefficient (Wildman–Crippen LogP) is 2.01. The van der Waals surface area contributed by atoms with Gasteiger partial charge in [-0.3, -0.25) is 14.6 Å². The first-order valence-corrected chi connectivity index (χ1v) is 8.26. The number of methoxy groups -OCH3 is 2. The Bertz CT molecular complexity index is 829. The minimum Gasteiger partial charge on any atom is -0.497 e. The van der Waals surface area contributed by atoms with Crippen LogP contribution in [0.4, 0.5) is 5.69 Å². The van der Waals surface area contributed by atoms with Gasteiger partial charge in [-0.2, -0.15) is 0 Å². The Morgan fingerprint density at radius 1 is 1.23 bits per heavy atom. The zero-order valence-electron chi connectivity index (χ0n) is 14.7. The van der Waals surface area contributed by atoms with Crippen LogP contribution >= 0.6 is 0 Å². The number of rotatable bonds is 7. The number of hydrogen-bond acceptors (Lipinski definition) is 6. The van der Waals surface area contributed by atoms with Crippen molar-refractivity contribution >= 4 is 17.6 Å². The molecule has 3 rings (SSSR count). The number of pyridine rings is 1. The van der Waals surface area contributed by atoms with E-state index in [-0.39, 0.29) is 5.97 Å². The number of benzene rings is 1. The minimum atomic E-state index is -0.743. The molecule has 0 atom stereocenters. The van der Waals surface area contributed by atoms with Gasteiger partial charge in [0.25, 0.3) is 5.91 Å². The summed E-state index contributed by atoms with van der Waals surface area (Å²) in [5.74, 6) is -0.138. The molecule has 1 aromatic carbocycles. The molecule has 1 heterocycles. The topological polar surface area (TPSA) is 104 Å². The number of aromatic nitrogens is 1. The molecule has 0 saturated heterocycles. The summed E-state index contributed by atoms with van der Waals surface area (Å²) in [5, 5.41) is 3.17. The van der Waals surface area contributed by atoms with Crippen LogP contribution in [-0.4, -0.2) is 31.1 Å². The molecule has 0 spiro atoms. The van der Waals surface area contributed by atoms with E-state index in [4.69, 9.17) is 15.2 Å². The third-order valence-electron chi connectivity index (χ3n) is 4.63. The number of esters is 1. The number of amides is 1. The van der Waals surface area contributed by atoms with E-state index in [1.165, 1.54) is 7.11 Å². The average Bonchev–Trinajstić information content (AvgIpc) is 3.48. The lowest BCUT2D eigenvalue weighted by atomic mass is 9.99. The zero-order valence-corrected chi connectivity index (χ0v) is 14.7. The summed E-state index contributed by atoms with van der Waals surface area (Å²) in [5.41, 5.74) is 7.14. The van der Waals surface area contributed by atoms with E-state index in [1.54, 1.807) is 19.4 Å². The molecule has 1 fully saturated rings. The van der Waals surface area contributed by atoms with Gasteiger partial charge in [0.2, 0.25) is 0 Å². The van der Waals surface area contributed by atoms with Crippen LogP contribution in [0.1, 0.15) is 34.5 Å². The Balaban J connectivity index is 1.81. The maximum Gasteiger partial charge on any atom is 0.317 e. The lowest BCUT2D eigenvalue weighted by Gasteiger charge is -2.15. The second kappa shape index (κ2) is 7.03. The molecule has 3 N–H and O–H groups in total. The molecule has 1 aromatic heterocycles. The van der Waals surface area contributed by atoms with E-state index in [0.29, 0.717) is 36.3 Å². The maximum absolute atomic E-state index is 12.0. The Hall–Kier alpha value is -3.09. The number of carbonyl (C=O) groups is 2. The average molecular weight is 355 g/mol. The smallest absolute Gasteiger partial charge is 0.317 e. The summed E-state index contributed by atoms with van der Waals surface area (Å²) < 4.78 is 10.00. The number of nitrogens with one attached hydrogen (secondary N) is 1. The van der Waals surface area contributed by atoms with Crippen molar-refractivity contribution in [2.45, 2.75) is 24.8 Å². The molecular formula is C19H21N3O4. The van der Waals surface area contributed by atoms with Crippen molar-refractivity contribution in [3.63, 3.8) is 0 Å². The molecule has 0 unspecified atom stereocenters. The molecule has 0 aliphatic heterocycles. The van der Waals surface area contributed by atoms with Crippen molar-refractivity contribution in [3.05, 3.63) is 53.3 Å². The molecule has 7 heteroatoms. The maximum atomic E-state index is 12.0. The van der Waals surface area contributed by atoms with Crippen molar-refractivity contribution in [1.29, 1.82) is 0 Å². The summed E-state index contributed by atoms with van der Waals surface area (Å²) >= 11 is 0. The summed E-state index contributed by atoms with van der Waals surface area (Å²) in [7, 11) is 2.96. The highest BCUT2D eigenvalue weighted by Crippen LogP contribution is 2.48. The highest BCUT2D eigenvalue weighted by molar-refractivity contribution is 5.99. The van der Waals surface area contributed by atoms with Crippen molar-refractivity contribution in [2.24, 2.45) is 5.73 Å². The van der Waals surface area contributed by atoms with Gasteiger partial charge in [0, 0.05) is 6.54 Å². The molecule has 1 aliphatic carbocycles. The molecule has 26 heavy (non-hydrogen) atoms. The van der Waals surface area contributed by atoms with Gasteiger partial charge in [0.05, 0.1) is 37.4 Å². The van der Waals surface area contributed by atoms with Gasteiger partial charge in [-0.1, -0.05) is 12.1 Å². The standard InChI is InChI=1S/C19H21N3O4/c1-25-13-5-3-12(4-6-13)10-21-15-11-22-16(9-14(15)17(20)23)19(7-8-19)18(24)26-2/h3-6,9,11,21H,7-8,10H2,1-2H3,(H2,20,23). The fraction of sp³-hybridized carbons (Fsp3) is 0.316. The Morgan fingerprint density at radius 3 is 2.46 bits per heavy atom. The molecule has 2 aromatic rings. The minimum absolute atomic E-state index is 0.304. The van der Waals surface area contributed by atoms with Crippen LogP contribution in [0.2, 0.25) is 0 Å². The van der Waals surface area contributed by atoms with E-state index < -0.39 is 11.3 Å². The van der Waals surface area contributed by atoms with Gasteiger partial charge >= 0.3 is 5.97 Å². The first kappa shape index (κ1) is 17.7. The normalized spacial score (nSPS) is 14.4. The largest absolute Gasteiger partial charge is 0.497 e. The molecule has 1 aliphatic rings. The number of ether oxygens (including phenoxy) is 2. The van der Waals surface area contributed by atoms with Crippen LogP contribution in [0.15, 0.2) is 36.5 Å². The lowest BCUT2D eigenvalue weighted by molar-refractivity contribution is -0.143. The van der Waals surface area contributed by atoms with Crippen molar-refractivity contribution < 1.29 is 19.1 Å². The zero-order chi connectivity index (χ0) is 18.7. The summed E-state index contributed by atoms with van der Waals surface area (Å²) in [6.45, 7) is 0.493. The second-order valence-electron chi connectivity index (χ2n) is 6.25. The van der Waals surface area contributed by atoms with Gasteiger partial charge in [-0.05, 0) is 36.6 Å². The van der Waals surface area contributed by atoms with Gasteiger partial charge in [-0.25, -0.2) is 0 Å². The van der Waals surface area contributed by atoms with Crippen LogP contribution in [0.5, 0.6) is 5.75 Å². The number of carbonyl (C=O) groups excluding carboxylic acids is 2. The molecule has 1 saturated carbocycles. The number of hydrogen-bond donors (Lipinski definition) is 2. The first-order valence-electron chi connectivity index (χ1n) is 8.26. The fourth-order valence-corrected chi connectivity index (χ4v) is 2.89. The van der Waals surface area contributed by atoms with Crippen LogP contribution in [0.3, 0.4) is 0 Å². The van der Waals surface area contributed by atoms with Crippen molar-refractivity contribution in [2.75, 3.05) is 19.5 Å². The van der Waals surface area contributed by atoms with Crippen LogP contribution in [0, 0.1) is 0 Å². The summed E-state index contributed by atoms with van der Waals surface area (Å²) in [4.78, 5) is 28.3.